The molecule has 3 amide bonds. The number of nitrogens with one attached hydrogen (secondary N) is 3. The van der Waals surface area contributed by atoms with Gasteiger partial charge in [-0.25, -0.2) is 0 Å². The minimum absolute atomic E-state index is 0.0540. The van der Waals surface area contributed by atoms with Crippen molar-refractivity contribution in [2.75, 3.05) is 13.7 Å². The van der Waals surface area contributed by atoms with Crippen LogP contribution in [0.3, 0.4) is 0 Å². The Labute approximate surface area is 223 Å². The molecular formula is C27H30F3N3O6. The van der Waals surface area contributed by atoms with Gasteiger partial charge in [-0.15, -0.1) is 0 Å². The molecule has 3 N–H and O–H groups in total. The molecule has 2 aromatic rings. The summed E-state index contributed by atoms with van der Waals surface area (Å²) in [5, 5.41) is 6.66. The van der Waals surface area contributed by atoms with E-state index in [0.29, 0.717) is 11.3 Å². The summed E-state index contributed by atoms with van der Waals surface area (Å²) in [7, 11) is 1.48. The van der Waals surface area contributed by atoms with Crippen molar-refractivity contribution in [3.63, 3.8) is 0 Å². The number of rotatable bonds is 12. The van der Waals surface area contributed by atoms with Crippen molar-refractivity contribution < 1.29 is 41.8 Å². The highest BCUT2D eigenvalue weighted by Gasteiger charge is 2.50. The second-order valence-electron chi connectivity index (χ2n) is 9.44. The van der Waals surface area contributed by atoms with E-state index in [-0.39, 0.29) is 25.2 Å². The molecule has 2 aromatic carbocycles. The maximum absolute atomic E-state index is 13.5. The van der Waals surface area contributed by atoms with Crippen LogP contribution in [0.25, 0.3) is 0 Å². The number of hydrogen-bond donors (Lipinski definition) is 3. The summed E-state index contributed by atoms with van der Waals surface area (Å²) in [4.78, 5) is 50.6. The normalized spacial score (nSPS) is 18.7. The topological polar surface area (TPSA) is 126 Å². The number of hydrogen-bond acceptors (Lipinski definition) is 6. The van der Waals surface area contributed by atoms with Crippen LogP contribution in [0.15, 0.2) is 54.6 Å². The van der Waals surface area contributed by atoms with Gasteiger partial charge >= 0.3 is 12.1 Å². The largest absolute Gasteiger partial charge is 0.497 e. The smallest absolute Gasteiger partial charge is 0.471 e. The Morgan fingerprint density at radius 2 is 1.44 bits per heavy atom. The minimum Gasteiger partial charge on any atom is -0.497 e. The molecule has 3 rings (SSSR count). The van der Waals surface area contributed by atoms with Gasteiger partial charge in [0.25, 0.3) is 0 Å². The lowest BCUT2D eigenvalue weighted by molar-refractivity contribution is -0.174. The molecule has 0 unspecified atom stereocenters. The van der Waals surface area contributed by atoms with Crippen LogP contribution in [0.2, 0.25) is 0 Å². The zero-order valence-electron chi connectivity index (χ0n) is 21.6. The first-order valence-corrected chi connectivity index (χ1v) is 12.2. The molecule has 0 aliphatic carbocycles. The SMILES string of the molecule is COc1ccc(C[C@H](NC(=O)[C@H](C)NC(=O)C(F)(F)F)C(=O)N[C@@H](Cc2ccccc2)C(=O)[C@]2(C)CO2)cc1. The van der Waals surface area contributed by atoms with Gasteiger partial charge < -0.3 is 25.4 Å². The number of epoxide rings is 1. The Hall–Kier alpha value is -3.93. The number of Topliss-reactive ketones (excluding diaryl/α,β-unsaturated/α-hetero) is 1. The number of alkyl halides is 3. The van der Waals surface area contributed by atoms with Crippen molar-refractivity contribution in [2.24, 2.45) is 0 Å². The molecule has 1 heterocycles. The van der Waals surface area contributed by atoms with Crippen LogP contribution in [0.4, 0.5) is 13.2 Å². The van der Waals surface area contributed by atoms with Crippen molar-refractivity contribution in [1.82, 2.24) is 16.0 Å². The summed E-state index contributed by atoms with van der Waals surface area (Å²) in [5.74, 6) is -3.82. The standard InChI is InChI=1S/C27H30F3N3O6/c1-16(31-25(37)27(28,29)30)23(35)33-21(14-18-9-11-19(38-3)12-10-18)24(36)32-20(22(34)26(2)15-39-26)13-17-7-5-4-6-8-17/h4-12,16,20-21H,13-15H2,1-3H3,(H,31,37)(H,32,36)(H,33,35)/t16-,20-,21-,26-/m0/s1. The molecule has 4 atom stereocenters. The van der Waals surface area contributed by atoms with Crippen molar-refractivity contribution in [2.45, 2.75) is 56.6 Å². The van der Waals surface area contributed by atoms with E-state index in [1.807, 2.05) is 6.07 Å². The van der Waals surface area contributed by atoms with Gasteiger partial charge in [0.15, 0.2) is 5.78 Å². The van der Waals surface area contributed by atoms with E-state index >= 15 is 0 Å². The van der Waals surface area contributed by atoms with Gasteiger partial charge in [0.2, 0.25) is 11.8 Å². The number of ether oxygens (including phenoxy) is 2. The Balaban J connectivity index is 1.81. The number of carbonyl (C=O) groups excluding carboxylic acids is 4. The number of amides is 3. The van der Waals surface area contributed by atoms with Crippen LogP contribution in [-0.4, -0.2) is 67.1 Å². The van der Waals surface area contributed by atoms with E-state index in [4.69, 9.17) is 9.47 Å². The third kappa shape index (κ3) is 8.28. The van der Waals surface area contributed by atoms with Gasteiger partial charge in [0.05, 0.1) is 19.8 Å². The predicted octanol–water partition coefficient (Wildman–Crippen LogP) is 1.87. The third-order valence-corrected chi connectivity index (χ3v) is 6.24. The van der Waals surface area contributed by atoms with Crippen LogP contribution < -0.4 is 20.7 Å². The lowest BCUT2D eigenvalue weighted by Gasteiger charge is -2.25. The number of ketones is 1. The van der Waals surface area contributed by atoms with Crippen LogP contribution >= 0.6 is 0 Å². The second-order valence-corrected chi connectivity index (χ2v) is 9.44. The fourth-order valence-corrected chi connectivity index (χ4v) is 3.80. The monoisotopic (exact) mass is 549 g/mol. The maximum atomic E-state index is 13.5. The van der Waals surface area contributed by atoms with E-state index in [9.17, 15) is 32.3 Å². The first-order valence-electron chi connectivity index (χ1n) is 12.2. The molecule has 12 heteroatoms. The molecule has 1 fully saturated rings. The molecule has 1 aliphatic rings. The average Bonchev–Trinajstić information content (AvgIpc) is 3.66. The lowest BCUT2D eigenvalue weighted by Crippen LogP contribution is -2.57. The summed E-state index contributed by atoms with van der Waals surface area (Å²) in [6.07, 6.45) is -5.08. The minimum atomic E-state index is -5.18. The fraction of sp³-hybridized carbons (Fsp3) is 0.407. The van der Waals surface area contributed by atoms with Crippen molar-refractivity contribution in [3.05, 3.63) is 65.7 Å². The quantitative estimate of drug-likeness (QED) is 0.347. The molecule has 0 aromatic heterocycles. The third-order valence-electron chi connectivity index (χ3n) is 6.24. The lowest BCUT2D eigenvalue weighted by atomic mass is 9.94. The van der Waals surface area contributed by atoms with E-state index in [1.165, 1.54) is 7.11 Å². The molecule has 0 saturated carbocycles. The summed E-state index contributed by atoms with van der Waals surface area (Å²) in [6, 6.07) is 11.7. The highest BCUT2D eigenvalue weighted by molar-refractivity contribution is 5.98. The first-order chi connectivity index (χ1) is 18.3. The van der Waals surface area contributed by atoms with Gasteiger partial charge in [0, 0.05) is 6.42 Å². The molecule has 1 aliphatic heterocycles. The average molecular weight is 550 g/mol. The zero-order valence-corrected chi connectivity index (χ0v) is 21.6. The zero-order chi connectivity index (χ0) is 28.8. The second kappa shape index (κ2) is 12.3. The summed E-state index contributed by atoms with van der Waals surface area (Å²) in [5.41, 5.74) is 0.337. The number of carbonyl (C=O) groups is 4. The number of methoxy groups -OCH3 is 1. The molecular weight excluding hydrogens is 519 g/mol. The summed E-state index contributed by atoms with van der Waals surface area (Å²) >= 11 is 0. The maximum Gasteiger partial charge on any atom is 0.471 e. The van der Waals surface area contributed by atoms with Crippen LogP contribution in [-0.2, 0) is 36.8 Å². The van der Waals surface area contributed by atoms with Crippen molar-refractivity contribution in [1.29, 1.82) is 0 Å². The van der Waals surface area contributed by atoms with E-state index < -0.39 is 47.6 Å². The van der Waals surface area contributed by atoms with Crippen LogP contribution in [0.5, 0.6) is 5.75 Å². The van der Waals surface area contributed by atoms with E-state index in [0.717, 1.165) is 12.5 Å². The van der Waals surface area contributed by atoms with Crippen molar-refractivity contribution >= 4 is 23.5 Å². The highest BCUT2D eigenvalue weighted by Crippen LogP contribution is 2.29. The summed E-state index contributed by atoms with van der Waals surface area (Å²) < 4.78 is 48.4. The fourth-order valence-electron chi connectivity index (χ4n) is 3.80. The van der Waals surface area contributed by atoms with Gasteiger partial charge in [0.1, 0.15) is 23.4 Å². The Morgan fingerprint density at radius 3 is 1.97 bits per heavy atom. The Kier molecular flexibility index (Phi) is 9.33. The Morgan fingerprint density at radius 1 is 0.897 bits per heavy atom. The van der Waals surface area contributed by atoms with Gasteiger partial charge in [-0.1, -0.05) is 42.5 Å². The molecule has 39 heavy (non-hydrogen) atoms. The molecule has 0 radical (unpaired) electrons. The van der Waals surface area contributed by atoms with Gasteiger partial charge in [-0.2, -0.15) is 13.2 Å². The van der Waals surface area contributed by atoms with E-state index in [2.05, 4.69) is 10.6 Å². The van der Waals surface area contributed by atoms with Crippen LogP contribution in [0.1, 0.15) is 25.0 Å². The molecule has 210 valence electrons. The Bertz CT molecular complexity index is 1180. The molecule has 0 bridgehead atoms. The van der Waals surface area contributed by atoms with E-state index in [1.54, 1.807) is 60.8 Å². The van der Waals surface area contributed by atoms with Gasteiger partial charge in [-0.3, -0.25) is 19.2 Å². The summed E-state index contributed by atoms with van der Waals surface area (Å²) in [6.45, 7) is 2.88. The van der Waals surface area contributed by atoms with Gasteiger partial charge in [-0.05, 0) is 43.5 Å². The number of benzene rings is 2. The number of halogens is 3. The predicted molar refractivity (Wildman–Crippen MR) is 134 cm³/mol. The highest BCUT2D eigenvalue weighted by atomic mass is 19.4. The van der Waals surface area contributed by atoms with Crippen molar-refractivity contribution in [3.8, 4) is 5.75 Å². The van der Waals surface area contributed by atoms with Crippen LogP contribution in [0, 0.1) is 0 Å². The molecule has 1 saturated heterocycles. The molecule has 9 nitrogen and oxygen atoms in total. The molecule has 0 spiro atoms. The first kappa shape index (κ1) is 29.6.